The van der Waals surface area contributed by atoms with Gasteiger partial charge < -0.3 is 10.6 Å². The average Bonchev–Trinajstić information content (AvgIpc) is 2.55. The van der Waals surface area contributed by atoms with Gasteiger partial charge in [0.15, 0.2) is 0 Å². The monoisotopic (exact) mass is 375 g/mol. The molecule has 1 aliphatic rings. The Labute approximate surface area is 150 Å². The van der Waals surface area contributed by atoms with E-state index in [1.54, 1.807) is 24.3 Å². The SMILES string of the molecule is CNS(=O)(=O)c1ccc(CCC(=O)NC2CCNCC2C)cc1.Cl. The molecule has 0 bridgehead atoms. The molecule has 2 unspecified atom stereocenters. The first-order valence-electron chi connectivity index (χ1n) is 7.95. The number of hydrogen-bond donors (Lipinski definition) is 3. The molecule has 0 aliphatic carbocycles. The van der Waals surface area contributed by atoms with Crippen molar-refractivity contribution in [3.63, 3.8) is 0 Å². The Bertz CT molecular complexity index is 634. The maximum atomic E-state index is 12.1. The number of benzene rings is 1. The number of piperidine rings is 1. The molecule has 1 aromatic rings. The van der Waals surface area contributed by atoms with Crippen LogP contribution in [0.1, 0.15) is 25.3 Å². The van der Waals surface area contributed by atoms with Crippen molar-refractivity contribution in [2.24, 2.45) is 5.92 Å². The van der Waals surface area contributed by atoms with E-state index < -0.39 is 10.0 Å². The largest absolute Gasteiger partial charge is 0.353 e. The predicted octanol–water partition coefficient (Wildman–Crippen LogP) is 1.06. The fraction of sp³-hybridized carbons (Fsp3) is 0.562. The van der Waals surface area contributed by atoms with Crippen LogP contribution in [0.3, 0.4) is 0 Å². The summed E-state index contributed by atoms with van der Waals surface area (Å²) in [5.74, 6) is 0.495. The van der Waals surface area contributed by atoms with Crippen LogP contribution >= 0.6 is 12.4 Å². The molecule has 0 spiro atoms. The Kier molecular flexibility index (Phi) is 8.15. The van der Waals surface area contributed by atoms with Crippen LogP contribution in [0.25, 0.3) is 0 Å². The average molecular weight is 376 g/mol. The molecule has 1 aliphatic heterocycles. The first-order chi connectivity index (χ1) is 10.9. The van der Waals surface area contributed by atoms with Crippen LogP contribution in [0.15, 0.2) is 29.2 Å². The Hall–Kier alpha value is -1.15. The van der Waals surface area contributed by atoms with E-state index in [-0.39, 0.29) is 29.3 Å². The standard InChI is InChI=1S/C16H25N3O3S.ClH/c1-12-11-18-10-9-15(12)19-16(20)8-5-13-3-6-14(7-4-13)23(21,22)17-2;/h3-4,6-7,12,15,17-18H,5,8-11H2,1-2H3,(H,19,20);1H. The van der Waals surface area contributed by atoms with E-state index in [0.29, 0.717) is 18.8 Å². The topological polar surface area (TPSA) is 87.3 Å². The maximum Gasteiger partial charge on any atom is 0.240 e. The summed E-state index contributed by atoms with van der Waals surface area (Å²) in [6.07, 6.45) is 1.98. The fourth-order valence-corrected chi connectivity index (χ4v) is 3.45. The maximum absolute atomic E-state index is 12.1. The number of nitrogens with one attached hydrogen (secondary N) is 3. The van der Waals surface area contributed by atoms with Crippen LogP contribution < -0.4 is 15.4 Å². The van der Waals surface area contributed by atoms with Gasteiger partial charge in [-0.2, -0.15) is 0 Å². The van der Waals surface area contributed by atoms with Crippen molar-refractivity contribution in [2.75, 3.05) is 20.1 Å². The second kappa shape index (κ2) is 9.36. The minimum Gasteiger partial charge on any atom is -0.353 e. The van der Waals surface area contributed by atoms with E-state index >= 15 is 0 Å². The number of hydrogen-bond acceptors (Lipinski definition) is 4. The lowest BCUT2D eigenvalue weighted by Crippen LogP contribution is -2.48. The molecule has 136 valence electrons. The van der Waals surface area contributed by atoms with E-state index in [2.05, 4.69) is 22.3 Å². The number of sulfonamides is 1. The van der Waals surface area contributed by atoms with Crippen molar-refractivity contribution in [1.29, 1.82) is 0 Å². The third kappa shape index (κ3) is 5.73. The number of halogens is 1. The predicted molar refractivity (Wildman–Crippen MR) is 96.8 cm³/mol. The second-order valence-electron chi connectivity index (χ2n) is 6.00. The van der Waals surface area contributed by atoms with E-state index in [1.165, 1.54) is 7.05 Å². The second-order valence-corrected chi connectivity index (χ2v) is 7.88. The number of amides is 1. The third-order valence-corrected chi connectivity index (χ3v) is 5.71. The quantitative estimate of drug-likeness (QED) is 0.694. The lowest BCUT2D eigenvalue weighted by Gasteiger charge is -2.30. The van der Waals surface area contributed by atoms with Crippen molar-refractivity contribution in [3.05, 3.63) is 29.8 Å². The first-order valence-corrected chi connectivity index (χ1v) is 9.43. The molecule has 0 radical (unpaired) electrons. The molecule has 0 aromatic heterocycles. The zero-order valence-corrected chi connectivity index (χ0v) is 15.7. The van der Waals surface area contributed by atoms with Gasteiger partial charge in [0.25, 0.3) is 0 Å². The van der Waals surface area contributed by atoms with Crippen molar-refractivity contribution < 1.29 is 13.2 Å². The van der Waals surface area contributed by atoms with Gasteiger partial charge in [-0.3, -0.25) is 4.79 Å². The normalized spacial score (nSPS) is 20.9. The molecule has 0 saturated carbocycles. The summed E-state index contributed by atoms with van der Waals surface area (Å²) in [7, 11) is -2.02. The van der Waals surface area contributed by atoms with Gasteiger partial charge in [0.05, 0.1) is 4.90 Å². The molecule has 2 rings (SSSR count). The highest BCUT2D eigenvalue weighted by atomic mass is 35.5. The van der Waals surface area contributed by atoms with Gasteiger partial charge in [-0.1, -0.05) is 19.1 Å². The van der Waals surface area contributed by atoms with Gasteiger partial charge in [0, 0.05) is 12.5 Å². The summed E-state index contributed by atoms with van der Waals surface area (Å²) in [5, 5.41) is 6.41. The van der Waals surface area contributed by atoms with Crippen LogP contribution in [0.5, 0.6) is 0 Å². The van der Waals surface area contributed by atoms with Crippen molar-refractivity contribution in [1.82, 2.24) is 15.4 Å². The number of carbonyl (C=O) groups excluding carboxylic acids is 1. The summed E-state index contributed by atoms with van der Waals surface area (Å²) in [6.45, 7) is 4.01. The summed E-state index contributed by atoms with van der Waals surface area (Å²) in [6, 6.07) is 6.88. The molecule has 1 heterocycles. The highest BCUT2D eigenvalue weighted by Crippen LogP contribution is 2.13. The lowest BCUT2D eigenvalue weighted by atomic mass is 9.95. The van der Waals surface area contributed by atoms with E-state index in [0.717, 1.165) is 25.1 Å². The molecular weight excluding hydrogens is 350 g/mol. The van der Waals surface area contributed by atoms with Crippen LogP contribution in [0, 0.1) is 5.92 Å². The Morgan fingerprint density at radius 2 is 1.96 bits per heavy atom. The van der Waals surface area contributed by atoms with Crippen LogP contribution in [0.4, 0.5) is 0 Å². The van der Waals surface area contributed by atoms with Gasteiger partial charge in [0.2, 0.25) is 15.9 Å². The first kappa shape index (κ1) is 20.9. The molecule has 6 nitrogen and oxygen atoms in total. The summed E-state index contributed by atoms with van der Waals surface area (Å²) >= 11 is 0. The minimum absolute atomic E-state index is 0. The van der Waals surface area contributed by atoms with Crippen molar-refractivity contribution in [2.45, 2.75) is 37.1 Å². The van der Waals surface area contributed by atoms with Crippen LogP contribution in [0.2, 0.25) is 0 Å². The van der Waals surface area contributed by atoms with Gasteiger partial charge in [0.1, 0.15) is 0 Å². The zero-order chi connectivity index (χ0) is 16.9. The Balaban J connectivity index is 0.00000288. The fourth-order valence-electron chi connectivity index (χ4n) is 2.72. The van der Waals surface area contributed by atoms with Crippen molar-refractivity contribution in [3.8, 4) is 0 Å². The molecule has 8 heteroatoms. The molecule has 1 fully saturated rings. The van der Waals surface area contributed by atoms with Crippen LogP contribution in [-0.4, -0.2) is 40.5 Å². The zero-order valence-electron chi connectivity index (χ0n) is 14.0. The summed E-state index contributed by atoms with van der Waals surface area (Å²) in [4.78, 5) is 12.3. The molecule has 24 heavy (non-hydrogen) atoms. The molecule has 1 saturated heterocycles. The van der Waals surface area contributed by atoms with E-state index in [9.17, 15) is 13.2 Å². The molecule has 2 atom stereocenters. The van der Waals surface area contributed by atoms with E-state index in [4.69, 9.17) is 0 Å². The summed E-state index contributed by atoms with van der Waals surface area (Å²) in [5.41, 5.74) is 0.952. The van der Waals surface area contributed by atoms with Gasteiger partial charge in [-0.05, 0) is 56.6 Å². The van der Waals surface area contributed by atoms with E-state index in [1.807, 2.05) is 0 Å². The molecular formula is C16H26ClN3O3S. The summed E-state index contributed by atoms with van der Waals surface area (Å²) < 4.78 is 25.6. The van der Waals surface area contributed by atoms with Gasteiger partial charge in [-0.25, -0.2) is 13.1 Å². The van der Waals surface area contributed by atoms with Gasteiger partial charge >= 0.3 is 0 Å². The highest BCUT2D eigenvalue weighted by molar-refractivity contribution is 7.89. The molecule has 1 amide bonds. The van der Waals surface area contributed by atoms with Crippen LogP contribution in [-0.2, 0) is 21.2 Å². The number of aryl methyl sites for hydroxylation is 1. The van der Waals surface area contributed by atoms with Gasteiger partial charge in [-0.15, -0.1) is 12.4 Å². The Morgan fingerprint density at radius 1 is 1.29 bits per heavy atom. The third-order valence-electron chi connectivity index (χ3n) is 4.27. The lowest BCUT2D eigenvalue weighted by molar-refractivity contribution is -0.122. The highest BCUT2D eigenvalue weighted by Gasteiger charge is 2.22. The minimum atomic E-state index is -3.41. The molecule has 3 N–H and O–H groups in total. The molecule has 1 aromatic carbocycles. The number of rotatable bonds is 6. The smallest absolute Gasteiger partial charge is 0.240 e. The Morgan fingerprint density at radius 3 is 2.54 bits per heavy atom. The number of carbonyl (C=O) groups is 1. The van der Waals surface area contributed by atoms with Crippen molar-refractivity contribution >= 4 is 28.3 Å².